The minimum atomic E-state index is 0.146. The van der Waals surface area contributed by atoms with E-state index >= 15 is 0 Å². The van der Waals surface area contributed by atoms with Crippen LogP contribution in [0.4, 0.5) is 0 Å². The molecule has 0 bridgehead atoms. The number of benzene rings is 1. The summed E-state index contributed by atoms with van der Waals surface area (Å²) in [5.74, 6) is 0.910. The third-order valence-corrected chi connectivity index (χ3v) is 3.65. The van der Waals surface area contributed by atoms with Gasteiger partial charge in [0, 0.05) is 18.1 Å². The number of nitrogens with zero attached hydrogens (tertiary/aromatic N) is 1. The Balaban J connectivity index is 2.62. The number of nitrogens with one attached hydrogen (secondary N) is 1. The van der Waals surface area contributed by atoms with Crippen LogP contribution in [-0.4, -0.2) is 38.2 Å². The number of likely N-dealkylation sites (N-methyl/N-ethyl adjacent to an activating group) is 1. The number of hydrogen-bond donors (Lipinski definition) is 1. The third kappa shape index (κ3) is 4.00. The lowest BCUT2D eigenvalue weighted by Gasteiger charge is -2.34. The molecule has 3 heteroatoms. The van der Waals surface area contributed by atoms with Gasteiger partial charge in [-0.15, -0.1) is 0 Å². The van der Waals surface area contributed by atoms with Crippen molar-refractivity contribution in [1.82, 2.24) is 10.2 Å². The lowest BCUT2D eigenvalue weighted by molar-refractivity contribution is 0.185. The maximum absolute atomic E-state index is 5.25. The van der Waals surface area contributed by atoms with Crippen LogP contribution in [0.3, 0.4) is 0 Å². The molecule has 0 aliphatic heterocycles. The van der Waals surface area contributed by atoms with Crippen LogP contribution in [0.5, 0.6) is 5.75 Å². The molecule has 1 aromatic rings. The van der Waals surface area contributed by atoms with E-state index in [4.69, 9.17) is 4.74 Å². The SMILES string of the molecule is COc1cccc(C(C)NCC(C)(C)N(C)C)c1. The van der Waals surface area contributed by atoms with Crippen molar-refractivity contribution in [1.29, 1.82) is 0 Å². The average molecular weight is 250 g/mol. The zero-order valence-electron chi connectivity index (χ0n) is 12.4. The van der Waals surface area contributed by atoms with Gasteiger partial charge in [-0.05, 0) is 52.6 Å². The van der Waals surface area contributed by atoms with Crippen LogP contribution in [0.1, 0.15) is 32.4 Å². The Morgan fingerprint density at radius 2 is 2.00 bits per heavy atom. The predicted molar refractivity (Wildman–Crippen MR) is 77.2 cm³/mol. The van der Waals surface area contributed by atoms with E-state index in [-0.39, 0.29) is 5.54 Å². The third-order valence-electron chi connectivity index (χ3n) is 3.65. The molecule has 0 aliphatic carbocycles. The molecule has 0 radical (unpaired) electrons. The quantitative estimate of drug-likeness (QED) is 0.840. The highest BCUT2D eigenvalue weighted by molar-refractivity contribution is 5.30. The molecular formula is C15H26N2O. The fourth-order valence-electron chi connectivity index (χ4n) is 1.59. The summed E-state index contributed by atoms with van der Waals surface area (Å²) in [5.41, 5.74) is 1.40. The first-order valence-electron chi connectivity index (χ1n) is 6.41. The predicted octanol–water partition coefficient (Wildman–Crippen LogP) is 2.69. The first-order chi connectivity index (χ1) is 8.36. The summed E-state index contributed by atoms with van der Waals surface area (Å²) in [6.07, 6.45) is 0. The van der Waals surface area contributed by atoms with Crippen LogP contribution in [0, 0.1) is 0 Å². The molecule has 0 amide bonds. The fraction of sp³-hybridized carbons (Fsp3) is 0.600. The molecule has 0 spiro atoms. The van der Waals surface area contributed by atoms with E-state index in [9.17, 15) is 0 Å². The van der Waals surface area contributed by atoms with Crippen molar-refractivity contribution >= 4 is 0 Å². The second-order valence-electron chi connectivity index (χ2n) is 5.59. The highest BCUT2D eigenvalue weighted by Crippen LogP contribution is 2.19. The first-order valence-corrected chi connectivity index (χ1v) is 6.41. The summed E-state index contributed by atoms with van der Waals surface area (Å²) in [6, 6.07) is 8.53. The second kappa shape index (κ2) is 6.21. The zero-order chi connectivity index (χ0) is 13.8. The summed E-state index contributed by atoms with van der Waals surface area (Å²) in [4.78, 5) is 2.23. The molecule has 18 heavy (non-hydrogen) atoms. The molecule has 0 fully saturated rings. The van der Waals surface area contributed by atoms with Gasteiger partial charge in [0.1, 0.15) is 5.75 Å². The van der Waals surface area contributed by atoms with Crippen molar-refractivity contribution in [2.45, 2.75) is 32.4 Å². The van der Waals surface area contributed by atoms with E-state index in [0.29, 0.717) is 6.04 Å². The smallest absolute Gasteiger partial charge is 0.119 e. The van der Waals surface area contributed by atoms with E-state index in [0.717, 1.165) is 12.3 Å². The highest BCUT2D eigenvalue weighted by Gasteiger charge is 2.21. The molecule has 0 saturated carbocycles. The van der Waals surface area contributed by atoms with Crippen LogP contribution in [0.15, 0.2) is 24.3 Å². The summed E-state index contributed by atoms with van der Waals surface area (Å²) >= 11 is 0. The molecule has 102 valence electrons. The Morgan fingerprint density at radius 3 is 2.56 bits per heavy atom. The van der Waals surface area contributed by atoms with Gasteiger partial charge >= 0.3 is 0 Å². The van der Waals surface area contributed by atoms with Gasteiger partial charge in [0.05, 0.1) is 7.11 Å². The minimum absolute atomic E-state index is 0.146. The molecule has 0 saturated heterocycles. The Morgan fingerprint density at radius 1 is 1.33 bits per heavy atom. The van der Waals surface area contributed by atoms with Crippen LogP contribution in [0.2, 0.25) is 0 Å². The average Bonchev–Trinajstić information content (AvgIpc) is 2.36. The zero-order valence-corrected chi connectivity index (χ0v) is 12.4. The van der Waals surface area contributed by atoms with Crippen molar-refractivity contribution in [2.75, 3.05) is 27.7 Å². The van der Waals surface area contributed by atoms with Crippen molar-refractivity contribution in [2.24, 2.45) is 0 Å². The standard InChI is InChI=1S/C15H26N2O/c1-12(16-11-15(2,3)17(4)5)13-8-7-9-14(10-13)18-6/h7-10,12,16H,11H2,1-6H3. The molecule has 3 nitrogen and oxygen atoms in total. The fourth-order valence-corrected chi connectivity index (χ4v) is 1.59. The molecule has 0 aromatic heterocycles. The van der Waals surface area contributed by atoms with E-state index in [1.54, 1.807) is 7.11 Å². The van der Waals surface area contributed by atoms with E-state index in [2.05, 4.69) is 57.2 Å². The Bertz CT molecular complexity index is 375. The summed E-state index contributed by atoms with van der Waals surface area (Å²) in [7, 11) is 5.92. The molecule has 1 N–H and O–H groups in total. The van der Waals surface area contributed by atoms with E-state index in [1.165, 1.54) is 5.56 Å². The van der Waals surface area contributed by atoms with Gasteiger partial charge in [0.15, 0.2) is 0 Å². The molecule has 0 heterocycles. The molecular weight excluding hydrogens is 224 g/mol. The number of hydrogen-bond acceptors (Lipinski definition) is 3. The van der Waals surface area contributed by atoms with Crippen LogP contribution in [-0.2, 0) is 0 Å². The number of methoxy groups -OCH3 is 1. The van der Waals surface area contributed by atoms with Crippen molar-refractivity contribution < 1.29 is 4.74 Å². The topological polar surface area (TPSA) is 24.5 Å². The van der Waals surface area contributed by atoms with Gasteiger partial charge in [-0.25, -0.2) is 0 Å². The number of rotatable bonds is 6. The van der Waals surface area contributed by atoms with E-state index < -0.39 is 0 Å². The van der Waals surface area contributed by atoms with Crippen LogP contribution >= 0.6 is 0 Å². The monoisotopic (exact) mass is 250 g/mol. The maximum Gasteiger partial charge on any atom is 0.119 e. The normalized spacial score (nSPS) is 13.7. The van der Waals surface area contributed by atoms with Gasteiger partial charge in [-0.3, -0.25) is 0 Å². The van der Waals surface area contributed by atoms with Gasteiger partial charge in [-0.1, -0.05) is 12.1 Å². The molecule has 0 aliphatic rings. The maximum atomic E-state index is 5.25. The second-order valence-corrected chi connectivity index (χ2v) is 5.59. The highest BCUT2D eigenvalue weighted by atomic mass is 16.5. The van der Waals surface area contributed by atoms with Crippen molar-refractivity contribution in [3.8, 4) is 5.75 Å². The van der Waals surface area contributed by atoms with E-state index in [1.807, 2.05) is 12.1 Å². The van der Waals surface area contributed by atoms with Gasteiger partial charge in [0.2, 0.25) is 0 Å². The first kappa shape index (κ1) is 15.0. The van der Waals surface area contributed by atoms with Crippen molar-refractivity contribution in [3.63, 3.8) is 0 Å². The Kier molecular flexibility index (Phi) is 5.17. The van der Waals surface area contributed by atoms with Gasteiger partial charge in [-0.2, -0.15) is 0 Å². The Labute approximate surface area is 111 Å². The lowest BCUT2D eigenvalue weighted by Crippen LogP contribution is -2.47. The van der Waals surface area contributed by atoms with Crippen LogP contribution in [0.25, 0.3) is 0 Å². The minimum Gasteiger partial charge on any atom is -0.497 e. The van der Waals surface area contributed by atoms with Crippen LogP contribution < -0.4 is 10.1 Å². The summed E-state index contributed by atoms with van der Waals surface area (Å²) < 4.78 is 5.25. The molecule has 1 unspecified atom stereocenters. The molecule has 1 aromatic carbocycles. The molecule has 1 rings (SSSR count). The Hall–Kier alpha value is -1.06. The summed E-state index contributed by atoms with van der Waals surface area (Å²) in [6.45, 7) is 7.59. The number of ether oxygens (including phenoxy) is 1. The molecule has 1 atom stereocenters. The largest absolute Gasteiger partial charge is 0.497 e. The lowest BCUT2D eigenvalue weighted by atomic mass is 10.0. The van der Waals surface area contributed by atoms with Gasteiger partial charge < -0.3 is 15.0 Å². The van der Waals surface area contributed by atoms with Gasteiger partial charge in [0.25, 0.3) is 0 Å². The summed E-state index contributed by atoms with van der Waals surface area (Å²) in [5, 5.41) is 3.57. The van der Waals surface area contributed by atoms with Crippen molar-refractivity contribution in [3.05, 3.63) is 29.8 Å².